The maximum Gasteiger partial charge on any atom is 0.145 e. The van der Waals surface area contributed by atoms with Crippen LogP contribution in [-0.2, 0) is 4.79 Å². The van der Waals surface area contributed by atoms with E-state index in [0.717, 1.165) is 33.9 Å². The molecule has 0 spiro atoms. The number of allylic oxidation sites excluding steroid dienone is 1. The summed E-state index contributed by atoms with van der Waals surface area (Å²) in [4.78, 5) is 13.5. The van der Waals surface area contributed by atoms with Gasteiger partial charge in [0.25, 0.3) is 0 Å². The third kappa shape index (κ3) is 3.70. The minimum Gasteiger partial charge on any atom is -0.497 e. The van der Waals surface area contributed by atoms with Gasteiger partial charge in [0.2, 0.25) is 0 Å². The molecule has 5 rings (SSSR count). The predicted octanol–water partition coefficient (Wildman–Crippen LogP) is 5.84. The standard InChI is InChI=1S/C27H26N2O2/c1-17-7-9-19(10-8-17)27-26-24(28-22-5-3-4-6-23(22)29-27)15-20(16-25(26)30)18-11-13-21(31-2)14-12-18/h3-15,20,26-29H,16H2,1-2H3. The van der Waals surface area contributed by atoms with Crippen molar-refractivity contribution < 1.29 is 9.53 Å². The second kappa shape index (κ2) is 7.95. The van der Waals surface area contributed by atoms with Crippen LogP contribution >= 0.6 is 0 Å². The molecule has 2 aliphatic rings. The third-order valence-corrected chi connectivity index (χ3v) is 6.31. The number of nitrogens with one attached hydrogen (secondary N) is 2. The summed E-state index contributed by atoms with van der Waals surface area (Å²) in [5, 5.41) is 7.23. The van der Waals surface area contributed by atoms with Crippen molar-refractivity contribution in [1.29, 1.82) is 0 Å². The number of benzene rings is 3. The summed E-state index contributed by atoms with van der Waals surface area (Å²) in [5.41, 5.74) is 6.44. The Kier molecular flexibility index (Phi) is 4.99. The molecule has 3 unspecified atom stereocenters. The second-order valence-corrected chi connectivity index (χ2v) is 8.35. The van der Waals surface area contributed by atoms with Crippen LogP contribution in [0.5, 0.6) is 5.75 Å². The number of ketones is 1. The van der Waals surface area contributed by atoms with E-state index in [9.17, 15) is 4.79 Å². The van der Waals surface area contributed by atoms with Crippen LogP contribution in [0.2, 0.25) is 0 Å². The predicted molar refractivity (Wildman–Crippen MR) is 125 cm³/mol. The fourth-order valence-electron chi connectivity index (χ4n) is 4.62. The Morgan fingerprint density at radius 2 is 1.55 bits per heavy atom. The molecular weight excluding hydrogens is 384 g/mol. The molecule has 4 heteroatoms. The summed E-state index contributed by atoms with van der Waals surface area (Å²) >= 11 is 0. The van der Waals surface area contributed by atoms with Gasteiger partial charge >= 0.3 is 0 Å². The Bertz CT molecular complexity index is 1130. The van der Waals surface area contributed by atoms with E-state index >= 15 is 0 Å². The number of aryl methyl sites for hydroxylation is 1. The molecule has 0 saturated heterocycles. The van der Waals surface area contributed by atoms with E-state index in [1.807, 2.05) is 24.3 Å². The highest BCUT2D eigenvalue weighted by Crippen LogP contribution is 2.44. The molecule has 156 valence electrons. The maximum absolute atomic E-state index is 13.5. The lowest BCUT2D eigenvalue weighted by molar-refractivity contribution is -0.122. The number of ether oxygens (including phenoxy) is 1. The molecule has 2 N–H and O–H groups in total. The second-order valence-electron chi connectivity index (χ2n) is 8.35. The number of fused-ring (bicyclic) bond motifs is 2. The number of methoxy groups -OCH3 is 1. The zero-order valence-electron chi connectivity index (χ0n) is 17.8. The van der Waals surface area contributed by atoms with Gasteiger partial charge in [-0.05, 0) is 42.3 Å². The number of anilines is 2. The molecule has 1 heterocycles. The van der Waals surface area contributed by atoms with E-state index in [0.29, 0.717) is 6.42 Å². The van der Waals surface area contributed by atoms with E-state index in [-0.39, 0.29) is 23.7 Å². The SMILES string of the molecule is COc1ccc(C2C=C3Nc4ccccc4NC(c4ccc(C)cc4)C3C(=O)C2)cc1. The highest BCUT2D eigenvalue weighted by molar-refractivity contribution is 5.90. The molecule has 4 nitrogen and oxygen atoms in total. The van der Waals surface area contributed by atoms with Gasteiger partial charge in [-0.25, -0.2) is 0 Å². The summed E-state index contributed by atoms with van der Waals surface area (Å²) < 4.78 is 5.29. The van der Waals surface area contributed by atoms with Gasteiger partial charge in [-0.1, -0.05) is 60.2 Å². The van der Waals surface area contributed by atoms with Gasteiger partial charge in [-0.3, -0.25) is 4.79 Å². The van der Waals surface area contributed by atoms with E-state index in [2.05, 4.69) is 72.2 Å². The van der Waals surface area contributed by atoms with E-state index in [4.69, 9.17) is 4.74 Å². The number of para-hydroxylation sites is 2. The molecule has 0 bridgehead atoms. The van der Waals surface area contributed by atoms with Gasteiger partial charge in [0.05, 0.1) is 30.4 Å². The van der Waals surface area contributed by atoms with Crippen LogP contribution in [0.4, 0.5) is 11.4 Å². The minimum atomic E-state index is -0.260. The number of hydrogen-bond donors (Lipinski definition) is 2. The molecule has 3 aromatic carbocycles. The van der Waals surface area contributed by atoms with Gasteiger partial charge in [-0.2, -0.15) is 0 Å². The molecule has 0 radical (unpaired) electrons. The Morgan fingerprint density at radius 1 is 0.871 bits per heavy atom. The lowest BCUT2D eigenvalue weighted by Crippen LogP contribution is -2.33. The molecule has 0 fully saturated rings. The van der Waals surface area contributed by atoms with Gasteiger partial charge < -0.3 is 15.4 Å². The molecule has 3 aromatic rings. The quantitative estimate of drug-likeness (QED) is 0.570. The van der Waals surface area contributed by atoms with Crippen molar-refractivity contribution in [2.45, 2.75) is 25.3 Å². The van der Waals surface area contributed by atoms with Crippen LogP contribution in [0.1, 0.15) is 35.1 Å². The molecule has 0 saturated carbocycles. The van der Waals surface area contributed by atoms with Crippen LogP contribution in [0.25, 0.3) is 0 Å². The van der Waals surface area contributed by atoms with Crippen molar-refractivity contribution in [1.82, 2.24) is 0 Å². The molecular formula is C27H26N2O2. The van der Waals surface area contributed by atoms with E-state index in [1.54, 1.807) is 7.11 Å². The van der Waals surface area contributed by atoms with Crippen LogP contribution in [0, 0.1) is 12.8 Å². The monoisotopic (exact) mass is 410 g/mol. The zero-order valence-corrected chi connectivity index (χ0v) is 17.8. The first kappa shape index (κ1) is 19.4. The van der Waals surface area contributed by atoms with Crippen molar-refractivity contribution in [3.63, 3.8) is 0 Å². The molecule has 31 heavy (non-hydrogen) atoms. The van der Waals surface area contributed by atoms with Crippen molar-refractivity contribution in [3.05, 3.63) is 101 Å². The lowest BCUT2D eigenvalue weighted by Gasteiger charge is -2.32. The van der Waals surface area contributed by atoms with Crippen LogP contribution in [0.15, 0.2) is 84.6 Å². The first-order valence-corrected chi connectivity index (χ1v) is 10.7. The van der Waals surface area contributed by atoms with Crippen LogP contribution in [-0.4, -0.2) is 12.9 Å². The van der Waals surface area contributed by atoms with Crippen molar-refractivity contribution >= 4 is 17.2 Å². The summed E-state index contributed by atoms with van der Waals surface area (Å²) in [5.74, 6) is 0.851. The van der Waals surface area contributed by atoms with Gasteiger partial charge in [-0.15, -0.1) is 0 Å². The van der Waals surface area contributed by atoms with Crippen molar-refractivity contribution in [3.8, 4) is 5.75 Å². The van der Waals surface area contributed by atoms with Gasteiger partial charge in [0, 0.05) is 18.0 Å². The van der Waals surface area contributed by atoms with Gasteiger partial charge in [0.15, 0.2) is 0 Å². The minimum absolute atomic E-state index is 0.0427. The average molecular weight is 411 g/mol. The first-order chi connectivity index (χ1) is 15.1. The maximum atomic E-state index is 13.5. The summed E-state index contributed by atoms with van der Waals surface area (Å²) in [6, 6.07) is 24.5. The zero-order chi connectivity index (χ0) is 21.4. The Morgan fingerprint density at radius 3 is 2.26 bits per heavy atom. The summed E-state index contributed by atoms with van der Waals surface area (Å²) in [6.45, 7) is 2.08. The van der Waals surface area contributed by atoms with Crippen LogP contribution in [0.3, 0.4) is 0 Å². The van der Waals surface area contributed by atoms with Crippen molar-refractivity contribution in [2.24, 2.45) is 5.92 Å². The number of hydrogen-bond acceptors (Lipinski definition) is 4. The fourth-order valence-corrected chi connectivity index (χ4v) is 4.62. The van der Waals surface area contributed by atoms with Gasteiger partial charge in [0.1, 0.15) is 11.5 Å². The third-order valence-electron chi connectivity index (χ3n) is 6.31. The van der Waals surface area contributed by atoms with E-state index < -0.39 is 0 Å². The topological polar surface area (TPSA) is 50.4 Å². The normalized spacial score (nSPS) is 22.2. The number of rotatable bonds is 3. The highest BCUT2D eigenvalue weighted by Gasteiger charge is 2.39. The number of Topliss-reactive ketones (excluding diaryl/α,β-unsaturated/α-hetero) is 1. The van der Waals surface area contributed by atoms with E-state index in [1.165, 1.54) is 5.56 Å². The molecule has 1 aliphatic heterocycles. The molecule has 1 aliphatic carbocycles. The molecule has 0 aromatic heterocycles. The molecule has 0 amide bonds. The summed E-state index contributed by atoms with van der Waals surface area (Å²) in [7, 11) is 1.66. The first-order valence-electron chi connectivity index (χ1n) is 10.7. The van der Waals surface area contributed by atoms with Crippen LogP contribution < -0.4 is 15.4 Å². The van der Waals surface area contributed by atoms with Crippen molar-refractivity contribution in [2.75, 3.05) is 17.7 Å². The fraction of sp³-hybridized carbons (Fsp3) is 0.222. The summed E-state index contributed by atoms with van der Waals surface area (Å²) in [6.07, 6.45) is 2.72. The largest absolute Gasteiger partial charge is 0.497 e. The average Bonchev–Trinajstić information content (AvgIpc) is 2.96. The smallest absolute Gasteiger partial charge is 0.145 e. The lowest BCUT2D eigenvalue weighted by atomic mass is 9.76. The Hall–Kier alpha value is -3.53. The molecule has 3 atom stereocenters. The highest BCUT2D eigenvalue weighted by atomic mass is 16.5. The number of carbonyl (C=O) groups is 1. The Labute approximate surface area is 183 Å². The number of carbonyl (C=O) groups excluding carboxylic acids is 1. The Balaban J connectivity index is 1.58.